The summed E-state index contributed by atoms with van der Waals surface area (Å²) in [6, 6.07) is 3.08. The number of carboxylic acids is 1. The van der Waals surface area contributed by atoms with Gasteiger partial charge in [-0.2, -0.15) is 0 Å². The van der Waals surface area contributed by atoms with Crippen molar-refractivity contribution in [3.8, 4) is 5.75 Å². The lowest BCUT2D eigenvalue weighted by atomic mass is 10.2. The number of rotatable bonds is 6. The van der Waals surface area contributed by atoms with Gasteiger partial charge in [0.05, 0.1) is 5.02 Å². The Labute approximate surface area is 115 Å². The maximum Gasteiger partial charge on any atom is 0.328 e. The number of halogens is 2. The van der Waals surface area contributed by atoms with Crippen LogP contribution in [-0.4, -0.2) is 24.5 Å². The molecule has 1 aromatic rings. The molecule has 0 atom stereocenters. The Bertz CT molecular complexity index is 458. The van der Waals surface area contributed by atoms with Crippen molar-refractivity contribution in [3.05, 3.63) is 33.8 Å². The average molecular weight is 291 g/mol. The summed E-state index contributed by atoms with van der Waals surface area (Å²) in [5.74, 6) is -0.728. The lowest BCUT2D eigenvalue weighted by Crippen LogP contribution is -2.03. The average Bonchev–Trinajstić information content (AvgIpc) is 2.29. The molecule has 0 heterocycles. The standard InChI is InChI=1S/C12H12Cl2O4/c1-2-17-7-18-12-8(3-4-11(15)16)5-9(13)6-10(12)14/h3-6H,2,7H2,1H3,(H,15,16). The van der Waals surface area contributed by atoms with E-state index in [-0.39, 0.29) is 6.79 Å². The summed E-state index contributed by atoms with van der Waals surface area (Å²) in [5.41, 5.74) is 0.481. The van der Waals surface area contributed by atoms with Gasteiger partial charge in [0.1, 0.15) is 5.75 Å². The topological polar surface area (TPSA) is 55.8 Å². The molecule has 0 aliphatic rings. The van der Waals surface area contributed by atoms with Gasteiger partial charge in [0.15, 0.2) is 6.79 Å². The van der Waals surface area contributed by atoms with Crippen molar-refractivity contribution in [2.45, 2.75) is 6.92 Å². The summed E-state index contributed by atoms with van der Waals surface area (Å²) >= 11 is 11.8. The molecule has 0 fully saturated rings. The van der Waals surface area contributed by atoms with E-state index < -0.39 is 5.97 Å². The summed E-state index contributed by atoms with van der Waals surface area (Å²) < 4.78 is 10.4. The summed E-state index contributed by atoms with van der Waals surface area (Å²) in [6.45, 7) is 2.37. The van der Waals surface area contributed by atoms with E-state index >= 15 is 0 Å². The summed E-state index contributed by atoms with van der Waals surface area (Å²) in [4.78, 5) is 10.5. The second-order valence-electron chi connectivity index (χ2n) is 3.23. The molecule has 0 amide bonds. The predicted octanol–water partition coefficient (Wildman–Crippen LogP) is 3.46. The molecular formula is C12H12Cl2O4. The third kappa shape index (κ3) is 4.56. The molecule has 0 bridgehead atoms. The van der Waals surface area contributed by atoms with Crippen LogP contribution in [0.15, 0.2) is 18.2 Å². The molecule has 4 nitrogen and oxygen atoms in total. The molecule has 6 heteroatoms. The number of hydrogen-bond donors (Lipinski definition) is 1. The molecule has 98 valence electrons. The lowest BCUT2D eigenvalue weighted by Gasteiger charge is -2.11. The Morgan fingerprint density at radius 1 is 1.44 bits per heavy atom. The second-order valence-corrected chi connectivity index (χ2v) is 4.08. The van der Waals surface area contributed by atoms with E-state index in [4.69, 9.17) is 37.8 Å². The van der Waals surface area contributed by atoms with Crippen LogP contribution in [0.2, 0.25) is 10.0 Å². The molecule has 0 saturated carbocycles. The van der Waals surface area contributed by atoms with Crippen LogP contribution in [0.3, 0.4) is 0 Å². The minimum atomic E-state index is -1.07. The van der Waals surface area contributed by atoms with Crippen LogP contribution in [0.1, 0.15) is 12.5 Å². The van der Waals surface area contributed by atoms with Gasteiger partial charge in [-0.3, -0.25) is 0 Å². The Hall–Kier alpha value is -1.23. The molecule has 18 heavy (non-hydrogen) atoms. The van der Waals surface area contributed by atoms with Crippen molar-refractivity contribution in [2.24, 2.45) is 0 Å². The Balaban J connectivity index is 3.00. The zero-order chi connectivity index (χ0) is 13.5. The molecule has 1 N–H and O–H groups in total. The van der Waals surface area contributed by atoms with Gasteiger partial charge in [0.2, 0.25) is 0 Å². The highest BCUT2D eigenvalue weighted by molar-refractivity contribution is 6.35. The third-order valence-electron chi connectivity index (χ3n) is 1.93. The first-order valence-corrected chi connectivity index (χ1v) is 5.90. The summed E-state index contributed by atoms with van der Waals surface area (Å²) in [6.07, 6.45) is 2.34. The van der Waals surface area contributed by atoms with Crippen LogP contribution in [-0.2, 0) is 9.53 Å². The molecule has 0 spiro atoms. The van der Waals surface area contributed by atoms with Crippen LogP contribution >= 0.6 is 23.2 Å². The minimum absolute atomic E-state index is 0.0335. The number of benzene rings is 1. The smallest absolute Gasteiger partial charge is 0.328 e. The second kappa shape index (κ2) is 7.26. The van der Waals surface area contributed by atoms with E-state index in [1.165, 1.54) is 12.1 Å². The molecule has 0 aromatic heterocycles. The largest absolute Gasteiger partial charge is 0.478 e. The Kier molecular flexibility index (Phi) is 5.98. The highest BCUT2D eigenvalue weighted by atomic mass is 35.5. The number of ether oxygens (including phenoxy) is 2. The van der Waals surface area contributed by atoms with Gasteiger partial charge in [0.25, 0.3) is 0 Å². The van der Waals surface area contributed by atoms with Gasteiger partial charge >= 0.3 is 5.97 Å². The number of carboxylic acid groups (broad SMARTS) is 1. The lowest BCUT2D eigenvalue weighted by molar-refractivity contribution is -0.131. The maximum absolute atomic E-state index is 10.5. The van der Waals surface area contributed by atoms with Gasteiger partial charge in [-0.15, -0.1) is 0 Å². The number of aliphatic carboxylic acids is 1. The molecule has 0 aliphatic carbocycles. The molecule has 1 rings (SSSR count). The summed E-state index contributed by atoms with van der Waals surface area (Å²) in [5, 5.41) is 9.30. The van der Waals surface area contributed by atoms with Crippen LogP contribution in [0.25, 0.3) is 6.08 Å². The van der Waals surface area contributed by atoms with Crippen molar-refractivity contribution >= 4 is 35.2 Å². The van der Waals surface area contributed by atoms with E-state index in [0.29, 0.717) is 28.0 Å². The quantitative estimate of drug-likeness (QED) is 0.495. The van der Waals surface area contributed by atoms with E-state index in [0.717, 1.165) is 6.08 Å². The van der Waals surface area contributed by atoms with Crippen molar-refractivity contribution < 1.29 is 19.4 Å². The fourth-order valence-corrected chi connectivity index (χ4v) is 1.77. The van der Waals surface area contributed by atoms with E-state index in [1.54, 1.807) is 6.07 Å². The molecule has 0 saturated heterocycles. The van der Waals surface area contributed by atoms with E-state index in [1.807, 2.05) is 6.92 Å². The number of carbonyl (C=O) groups is 1. The van der Waals surface area contributed by atoms with Gasteiger partial charge in [-0.1, -0.05) is 23.2 Å². The fourth-order valence-electron chi connectivity index (χ4n) is 1.20. The molecule has 1 aromatic carbocycles. The Morgan fingerprint density at radius 2 is 2.17 bits per heavy atom. The van der Waals surface area contributed by atoms with Crippen molar-refractivity contribution in [3.63, 3.8) is 0 Å². The predicted molar refractivity (Wildman–Crippen MR) is 70.3 cm³/mol. The van der Waals surface area contributed by atoms with Crippen molar-refractivity contribution in [1.82, 2.24) is 0 Å². The van der Waals surface area contributed by atoms with Crippen LogP contribution in [0.5, 0.6) is 5.75 Å². The molecule has 0 unspecified atom stereocenters. The van der Waals surface area contributed by atoms with Crippen molar-refractivity contribution in [2.75, 3.05) is 13.4 Å². The maximum atomic E-state index is 10.5. The normalized spacial score (nSPS) is 10.8. The zero-order valence-electron chi connectivity index (χ0n) is 9.65. The van der Waals surface area contributed by atoms with Gasteiger partial charge in [0, 0.05) is 23.3 Å². The highest BCUT2D eigenvalue weighted by Crippen LogP contribution is 2.33. The zero-order valence-corrected chi connectivity index (χ0v) is 11.2. The van der Waals surface area contributed by atoms with E-state index in [9.17, 15) is 4.79 Å². The van der Waals surface area contributed by atoms with Crippen LogP contribution in [0, 0.1) is 0 Å². The SMILES string of the molecule is CCOCOc1c(Cl)cc(Cl)cc1C=CC(=O)O. The highest BCUT2D eigenvalue weighted by Gasteiger charge is 2.09. The first-order chi connectivity index (χ1) is 8.54. The number of hydrogen-bond acceptors (Lipinski definition) is 3. The minimum Gasteiger partial charge on any atom is -0.478 e. The van der Waals surface area contributed by atoms with Gasteiger partial charge in [-0.05, 0) is 25.1 Å². The van der Waals surface area contributed by atoms with Gasteiger partial charge < -0.3 is 14.6 Å². The fraction of sp³-hybridized carbons (Fsp3) is 0.250. The molecular weight excluding hydrogens is 279 g/mol. The molecule has 0 radical (unpaired) electrons. The summed E-state index contributed by atoms with van der Waals surface area (Å²) in [7, 11) is 0. The first kappa shape index (κ1) is 14.8. The first-order valence-electron chi connectivity index (χ1n) is 5.15. The van der Waals surface area contributed by atoms with Crippen LogP contribution in [0.4, 0.5) is 0 Å². The monoisotopic (exact) mass is 290 g/mol. The van der Waals surface area contributed by atoms with Crippen LogP contribution < -0.4 is 4.74 Å². The third-order valence-corrected chi connectivity index (χ3v) is 2.43. The van der Waals surface area contributed by atoms with Gasteiger partial charge in [-0.25, -0.2) is 4.79 Å². The Morgan fingerprint density at radius 3 is 2.78 bits per heavy atom. The van der Waals surface area contributed by atoms with E-state index in [2.05, 4.69) is 0 Å². The molecule has 0 aliphatic heterocycles. The van der Waals surface area contributed by atoms with Crippen molar-refractivity contribution in [1.29, 1.82) is 0 Å².